The molecule has 1 N–H and O–H groups in total. The summed E-state index contributed by atoms with van der Waals surface area (Å²) in [5, 5.41) is 9.48. The molecule has 0 saturated carbocycles. The van der Waals surface area contributed by atoms with Gasteiger partial charge in [0.2, 0.25) is 0 Å². The third kappa shape index (κ3) is 5.41. The molecule has 0 amide bonds. The van der Waals surface area contributed by atoms with Crippen molar-refractivity contribution in [3.63, 3.8) is 0 Å². The first kappa shape index (κ1) is 18.1. The Bertz CT molecular complexity index is 654. The first-order chi connectivity index (χ1) is 11.5. The van der Waals surface area contributed by atoms with Crippen molar-refractivity contribution in [2.45, 2.75) is 52.6 Å². The number of aliphatic carboxylic acids is 1. The zero-order valence-corrected chi connectivity index (χ0v) is 14.7. The van der Waals surface area contributed by atoms with Gasteiger partial charge in [-0.1, -0.05) is 43.7 Å². The molecule has 0 saturated heterocycles. The second kappa shape index (κ2) is 8.53. The predicted molar refractivity (Wildman–Crippen MR) is 96.7 cm³/mol. The van der Waals surface area contributed by atoms with Crippen LogP contribution in [0.25, 0.3) is 0 Å². The molecule has 2 aromatic rings. The summed E-state index contributed by atoms with van der Waals surface area (Å²) in [6.07, 6.45) is 2.89. The summed E-state index contributed by atoms with van der Waals surface area (Å²) in [6, 6.07) is 14.0. The topological polar surface area (TPSA) is 46.5 Å². The minimum Gasteiger partial charge on any atom is -0.478 e. The van der Waals surface area contributed by atoms with Gasteiger partial charge in [0.25, 0.3) is 0 Å². The fraction of sp³-hybridized carbons (Fsp3) is 0.381. The molecule has 0 heterocycles. The minimum atomic E-state index is -0.941. The zero-order chi connectivity index (χ0) is 17.5. The van der Waals surface area contributed by atoms with Crippen LogP contribution in [-0.4, -0.2) is 17.2 Å². The molecule has 24 heavy (non-hydrogen) atoms. The molecule has 0 spiro atoms. The van der Waals surface area contributed by atoms with E-state index in [1.807, 2.05) is 44.2 Å². The van der Waals surface area contributed by atoms with E-state index in [2.05, 4.69) is 19.1 Å². The van der Waals surface area contributed by atoms with Gasteiger partial charge >= 0.3 is 5.97 Å². The standard InChI is InChI=1S/C21H26O3/c1-4-5-6-17-7-9-18(10-8-17)14-20(21(22)23)24-19-12-15(2)11-16(3)13-19/h7-13,20H,4-6,14H2,1-3H3,(H,22,23)/t20-/m1/s1. The molecule has 128 valence electrons. The summed E-state index contributed by atoms with van der Waals surface area (Å²) in [5.41, 5.74) is 4.40. The van der Waals surface area contributed by atoms with Crippen LogP contribution in [0.3, 0.4) is 0 Å². The van der Waals surface area contributed by atoms with E-state index in [1.165, 1.54) is 18.4 Å². The quantitative estimate of drug-likeness (QED) is 0.763. The molecule has 1 atom stereocenters. The predicted octanol–water partition coefficient (Wildman–Crippen LogP) is 4.72. The maximum atomic E-state index is 11.6. The highest BCUT2D eigenvalue weighted by atomic mass is 16.5. The average molecular weight is 326 g/mol. The van der Waals surface area contributed by atoms with E-state index >= 15 is 0 Å². The van der Waals surface area contributed by atoms with Crippen LogP contribution >= 0.6 is 0 Å². The molecule has 0 aromatic heterocycles. The second-order valence-corrected chi connectivity index (χ2v) is 6.39. The third-order valence-electron chi connectivity index (χ3n) is 4.01. The van der Waals surface area contributed by atoms with Gasteiger partial charge in [-0.15, -0.1) is 0 Å². The summed E-state index contributed by atoms with van der Waals surface area (Å²) < 4.78 is 5.74. The van der Waals surface area contributed by atoms with Crippen LogP contribution in [0.2, 0.25) is 0 Å². The minimum absolute atomic E-state index is 0.358. The van der Waals surface area contributed by atoms with E-state index in [1.54, 1.807) is 0 Å². The fourth-order valence-corrected chi connectivity index (χ4v) is 2.78. The van der Waals surface area contributed by atoms with Crippen LogP contribution in [0.1, 0.15) is 42.0 Å². The number of carboxylic acid groups (broad SMARTS) is 1. The Labute approximate surface area is 144 Å². The Morgan fingerprint density at radius 2 is 1.62 bits per heavy atom. The number of carboxylic acids is 1. The lowest BCUT2D eigenvalue weighted by molar-refractivity contribution is -0.145. The molecule has 0 radical (unpaired) electrons. The monoisotopic (exact) mass is 326 g/mol. The van der Waals surface area contributed by atoms with Crippen LogP contribution in [0.15, 0.2) is 42.5 Å². The molecule has 2 rings (SSSR count). The molecule has 0 bridgehead atoms. The van der Waals surface area contributed by atoms with Crippen LogP contribution in [0.5, 0.6) is 5.75 Å². The fourth-order valence-electron chi connectivity index (χ4n) is 2.78. The number of carbonyl (C=O) groups is 1. The van der Waals surface area contributed by atoms with E-state index in [-0.39, 0.29) is 0 Å². The Kier molecular flexibility index (Phi) is 6.42. The largest absolute Gasteiger partial charge is 0.478 e. The van der Waals surface area contributed by atoms with Crippen molar-refractivity contribution >= 4 is 5.97 Å². The first-order valence-electron chi connectivity index (χ1n) is 8.53. The van der Waals surface area contributed by atoms with Gasteiger partial charge in [-0.25, -0.2) is 4.79 Å². The van der Waals surface area contributed by atoms with Crippen molar-refractivity contribution in [1.29, 1.82) is 0 Å². The van der Waals surface area contributed by atoms with Crippen LogP contribution in [-0.2, 0) is 17.6 Å². The van der Waals surface area contributed by atoms with E-state index in [4.69, 9.17) is 4.74 Å². The summed E-state index contributed by atoms with van der Waals surface area (Å²) in [4.78, 5) is 11.6. The van der Waals surface area contributed by atoms with Crippen molar-refractivity contribution in [2.75, 3.05) is 0 Å². The van der Waals surface area contributed by atoms with E-state index in [0.29, 0.717) is 12.2 Å². The van der Waals surface area contributed by atoms with Gasteiger partial charge in [0.15, 0.2) is 6.10 Å². The lowest BCUT2D eigenvalue weighted by Crippen LogP contribution is -2.29. The molecular weight excluding hydrogens is 300 g/mol. The van der Waals surface area contributed by atoms with Gasteiger partial charge in [0.05, 0.1) is 0 Å². The van der Waals surface area contributed by atoms with E-state index in [9.17, 15) is 9.90 Å². The Hall–Kier alpha value is -2.29. The molecule has 0 aliphatic carbocycles. The van der Waals surface area contributed by atoms with Gasteiger partial charge in [0.1, 0.15) is 5.75 Å². The van der Waals surface area contributed by atoms with Crippen molar-refractivity contribution < 1.29 is 14.6 Å². The molecular formula is C21H26O3. The number of rotatable bonds is 8. The number of hydrogen-bond acceptors (Lipinski definition) is 2. The molecule has 3 heteroatoms. The molecule has 0 aliphatic rings. The van der Waals surface area contributed by atoms with Gasteiger partial charge in [-0.05, 0) is 61.1 Å². The van der Waals surface area contributed by atoms with Crippen molar-refractivity contribution in [2.24, 2.45) is 0 Å². The molecule has 0 aliphatic heterocycles. The second-order valence-electron chi connectivity index (χ2n) is 6.39. The number of benzene rings is 2. The van der Waals surface area contributed by atoms with Crippen LogP contribution < -0.4 is 4.74 Å². The van der Waals surface area contributed by atoms with Gasteiger partial charge in [0, 0.05) is 6.42 Å². The highest BCUT2D eigenvalue weighted by Gasteiger charge is 2.20. The molecule has 0 unspecified atom stereocenters. The molecule has 0 fully saturated rings. The number of aryl methyl sites for hydroxylation is 3. The Morgan fingerprint density at radius 1 is 1.04 bits per heavy atom. The lowest BCUT2D eigenvalue weighted by atomic mass is 10.0. The van der Waals surface area contributed by atoms with Crippen molar-refractivity contribution in [3.8, 4) is 5.75 Å². The summed E-state index contributed by atoms with van der Waals surface area (Å²) in [6.45, 7) is 6.13. The van der Waals surface area contributed by atoms with Crippen LogP contribution in [0.4, 0.5) is 0 Å². The Balaban J connectivity index is 2.06. The third-order valence-corrected chi connectivity index (χ3v) is 4.01. The highest BCUT2D eigenvalue weighted by molar-refractivity contribution is 5.73. The van der Waals surface area contributed by atoms with Gasteiger partial charge in [-0.3, -0.25) is 0 Å². The first-order valence-corrected chi connectivity index (χ1v) is 8.53. The van der Waals surface area contributed by atoms with E-state index < -0.39 is 12.1 Å². The highest BCUT2D eigenvalue weighted by Crippen LogP contribution is 2.19. The maximum Gasteiger partial charge on any atom is 0.345 e. The van der Waals surface area contributed by atoms with Gasteiger partial charge < -0.3 is 9.84 Å². The van der Waals surface area contributed by atoms with E-state index in [0.717, 1.165) is 23.1 Å². The zero-order valence-electron chi connectivity index (χ0n) is 14.7. The SMILES string of the molecule is CCCCc1ccc(C[C@@H](Oc2cc(C)cc(C)c2)C(=O)O)cc1. The number of ether oxygens (including phenoxy) is 1. The molecule has 2 aromatic carbocycles. The normalized spacial score (nSPS) is 12.0. The smallest absolute Gasteiger partial charge is 0.345 e. The average Bonchev–Trinajstić information content (AvgIpc) is 2.52. The number of unbranched alkanes of at least 4 members (excludes halogenated alkanes) is 1. The van der Waals surface area contributed by atoms with Crippen LogP contribution in [0, 0.1) is 13.8 Å². The van der Waals surface area contributed by atoms with Crippen molar-refractivity contribution in [3.05, 3.63) is 64.7 Å². The summed E-state index contributed by atoms with van der Waals surface area (Å²) >= 11 is 0. The summed E-state index contributed by atoms with van der Waals surface area (Å²) in [5.74, 6) is -0.330. The van der Waals surface area contributed by atoms with Crippen molar-refractivity contribution in [1.82, 2.24) is 0 Å². The number of hydrogen-bond donors (Lipinski definition) is 1. The molecule has 3 nitrogen and oxygen atoms in total. The summed E-state index contributed by atoms with van der Waals surface area (Å²) in [7, 11) is 0. The lowest BCUT2D eigenvalue weighted by Gasteiger charge is -2.16. The Morgan fingerprint density at radius 3 is 2.17 bits per heavy atom. The maximum absolute atomic E-state index is 11.6. The van der Waals surface area contributed by atoms with Gasteiger partial charge in [-0.2, -0.15) is 0 Å².